The molecule has 0 aromatic heterocycles. The molecule has 0 aliphatic rings. The highest BCUT2D eigenvalue weighted by Gasteiger charge is 2.51. The zero-order valence-corrected chi connectivity index (χ0v) is 21.6. The molecular formula is C21H32NO11PS. The lowest BCUT2D eigenvalue weighted by atomic mass is 9.73. The smallest absolute Gasteiger partial charge is 0.336 e. The largest absolute Gasteiger partial charge is 0.479 e. The number of rotatable bonds is 16. The standard InChI is InChI=1S/C21H32NO11PS/c1-16(23)22-11-7-13-35(29,30)32-15-20(2,3)21(27,19(25)26)10-12-31-18(24)14-34(28)33-17-8-5-4-6-9-17/h4-6,8-9,27,34H,7,10-15H2,1-3H3,(H,22,23)(H,25,26)/t21-/m0/s1. The molecule has 0 aliphatic heterocycles. The number of para-hydroxylation sites is 1. The fourth-order valence-electron chi connectivity index (χ4n) is 2.80. The number of carbonyl (C=O) groups excluding carboxylic acids is 2. The number of aliphatic hydroxyl groups is 1. The highest BCUT2D eigenvalue weighted by molar-refractivity contribution is 7.86. The van der Waals surface area contributed by atoms with Crippen molar-refractivity contribution in [2.45, 2.75) is 39.2 Å². The van der Waals surface area contributed by atoms with Gasteiger partial charge in [0, 0.05) is 25.3 Å². The summed E-state index contributed by atoms with van der Waals surface area (Å²) in [6, 6.07) is 8.19. The number of aliphatic carboxylic acids is 1. The van der Waals surface area contributed by atoms with Crippen molar-refractivity contribution >= 4 is 36.0 Å². The van der Waals surface area contributed by atoms with Gasteiger partial charge in [0.1, 0.15) is 11.9 Å². The first-order valence-corrected chi connectivity index (χ1v) is 13.8. The van der Waals surface area contributed by atoms with Gasteiger partial charge in [0.05, 0.1) is 19.0 Å². The predicted octanol–water partition coefficient (Wildman–Crippen LogP) is 1.19. The number of amides is 1. The van der Waals surface area contributed by atoms with E-state index in [1.165, 1.54) is 20.8 Å². The minimum Gasteiger partial charge on any atom is -0.479 e. The van der Waals surface area contributed by atoms with Gasteiger partial charge in [-0.25, -0.2) is 4.79 Å². The summed E-state index contributed by atoms with van der Waals surface area (Å²) < 4.78 is 51.1. The van der Waals surface area contributed by atoms with Crippen LogP contribution in [-0.4, -0.2) is 73.8 Å². The normalized spacial score (nSPS) is 14.4. The third kappa shape index (κ3) is 10.8. The highest BCUT2D eigenvalue weighted by Crippen LogP contribution is 2.35. The van der Waals surface area contributed by atoms with Gasteiger partial charge in [-0.15, -0.1) is 0 Å². The highest BCUT2D eigenvalue weighted by atomic mass is 32.2. The Morgan fingerprint density at radius 1 is 1.14 bits per heavy atom. The lowest BCUT2D eigenvalue weighted by molar-refractivity contribution is -0.180. The summed E-state index contributed by atoms with van der Waals surface area (Å²) in [6.07, 6.45) is -1.04. The van der Waals surface area contributed by atoms with E-state index in [9.17, 15) is 37.6 Å². The van der Waals surface area contributed by atoms with Gasteiger partial charge in [-0.3, -0.25) is 18.3 Å². The molecule has 0 saturated carbocycles. The summed E-state index contributed by atoms with van der Waals surface area (Å²) in [7, 11) is -6.86. The number of ether oxygens (including phenoxy) is 1. The molecule has 1 unspecified atom stereocenters. The Labute approximate surface area is 204 Å². The van der Waals surface area contributed by atoms with Crippen LogP contribution in [-0.2, 0) is 38.0 Å². The van der Waals surface area contributed by atoms with Gasteiger partial charge in [0.2, 0.25) is 13.9 Å². The maximum Gasteiger partial charge on any atom is 0.336 e. The second-order valence-electron chi connectivity index (χ2n) is 8.34. The Morgan fingerprint density at radius 3 is 2.34 bits per heavy atom. The van der Waals surface area contributed by atoms with Crippen molar-refractivity contribution in [1.29, 1.82) is 0 Å². The molecule has 3 N–H and O–H groups in total. The topological polar surface area (TPSA) is 183 Å². The van der Waals surface area contributed by atoms with E-state index >= 15 is 0 Å². The molecule has 14 heteroatoms. The van der Waals surface area contributed by atoms with Crippen LogP contribution in [0.25, 0.3) is 0 Å². The minimum atomic E-state index is -4.06. The maximum atomic E-state index is 12.1. The van der Waals surface area contributed by atoms with Gasteiger partial charge >= 0.3 is 11.9 Å². The van der Waals surface area contributed by atoms with E-state index in [1.807, 2.05) is 0 Å². The molecule has 1 aromatic carbocycles. The number of carboxylic acid groups (broad SMARTS) is 1. The Morgan fingerprint density at radius 2 is 1.77 bits per heavy atom. The van der Waals surface area contributed by atoms with Crippen molar-refractivity contribution in [3.05, 3.63) is 30.3 Å². The fourth-order valence-corrected chi connectivity index (χ4v) is 4.70. The molecule has 1 rings (SSSR count). The van der Waals surface area contributed by atoms with Crippen molar-refractivity contribution in [2.24, 2.45) is 5.41 Å². The van der Waals surface area contributed by atoms with E-state index in [0.717, 1.165) is 0 Å². The number of hydrogen-bond donors (Lipinski definition) is 3. The second kappa shape index (κ2) is 13.6. The van der Waals surface area contributed by atoms with Gasteiger partial charge < -0.3 is 24.8 Å². The molecule has 1 amide bonds. The first kappa shape index (κ1) is 30.6. The average molecular weight is 538 g/mol. The lowest BCUT2D eigenvalue weighted by Gasteiger charge is -2.38. The van der Waals surface area contributed by atoms with E-state index in [1.54, 1.807) is 30.3 Å². The van der Waals surface area contributed by atoms with E-state index in [4.69, 9.17) is 13.4 Å². The van der Waals surface area contributed by atoms with Crippen molar-refractivity contribution < 1.29 is 51.0 Å². The maximum absolute atomic E-state index is 12.1. The van der Waals surface area contributed by atoms with Crippen LogP contribution in [0, 0.1) is 5.41 Å². The first-order chi connectivity index (χ1) is 16.2. The predicted molar refractivity (Wildman–Crippen MR) is 126 cm³/mol. The quantitative estimate of drug-likeness (QED) is 0.119. The molecule has 35 heavy (non-hydrogen) atoms. The SMILES string of the molecule is CC(=O)NCCCS(=O)(=O)OCC(C)(C)[C@](O)(CCOC(=O)C[PH](=O)Oc1ccccc1)C(=O)O. The summed E-state index contributed by atoms with van der Waals surface area (Å²) in [5, 5.41) is 22.8. The van der Waals surface area contributed by atoms with Crippen LogP contribution in [0.2, 0.25) is 0 Å². The number of hydrogen-bond acceptors (Lipinski definition) is 10. The third-order valence-electron chi connectivity index (χ3n) is 5.01. The summed E-state index contributed by atoms with van der Waals surface area (Å²) in [6.45, 7) is 2.80. The molecule has 0 aliphatic carbocycles. The third-order valence-corrected chi connectivity index (χ3v) is 7.31. The summed E-state index contributed by atoms with van der Waals surface area (Å²) in [5.74, 6) is -2.99. The number of benzene rings is 1. The monoisotopic (exact) mass is 537 g/mol. The van der Waals surface area contributed by atoms with Crippen molar-refractivity contribution in [3.8, 4) is 5.75 Å². The van der Waals surface area contributed by atoms with Gasteiger partial charge in [-0.2, -0.15) is 8.42 Å². The van der Waals surface area contributed by atoms with Crippen molar-refractivity contribution in [1.82, 2.24) is 5.32 Å². The molecule has 0 fully saturated rings. The van der Waals surface area contributed by atoms with Crippen LogP contribution in [0.4, 0.5) is 0 Å². The molecule has 198 valence electrons. The molecule has 2 atom stereocenters. The summed E-state index contributed by atoms with van der Waals surface area (Å²) in [4.78, 5) is 34.6. The molecule has 0 saturated heterocycles. The van der Waals surface area contributed by atoms with Crippen LogP contribution in [0.5, 0.6) is 5.75 Å². The lowest BCUT2D eigenvalue weighted by Crippen LogP contribution is -2.54. The van der Waals surface area contributed by atoms with E-state index < -0.39 is 72.7 Å². The van der Waals surface area contributed by atoms with Gasteiger partial charge in [0.25, 0.3) is 10.1 Å². The van der Waals surface area contributed by atoms with Gasteiger partial charge in [0.15, 0.2) is 5.60 Å². The molecule has 12 nitrogen and oxygen atoms in total. The minimum absolute atomic E-state index is 0.0820. The molecule has 0 spiro atoms. The van der Waals surface area contributed by atoms with Crippen LogP contribution >= 0.6 is 8.03 Å². The zero-order valence-electron chi connectivity index (χ0n) is 19.8. The van der Waals surface area contributed by atoms with Crippen molar-refractivity contribution in [2.75, 3.05) is 31.7 Å². The Kier molecular flexibility index (Phi) is 11.9. The molecule has 1 aromatic rings. The van der Waals surface area contributed by atoms with E-state index in [-0.39, 0.29) is 18.9 Å². The second-order valence-corrected chi connectivity index (χ2v) is 11.4. The molecule has 0 bridgehead atoms. The van der Waals surface area contributed by atoms with Crippen molar-refractivity contribution in [3.63, 3.8) is 0 Å². The van der Waals surface area contributed by atoms with Crippen LogP contribution in [0.15, 0.2) is 30.3 Å². The van der Waals surface area contributed by atoms with Gasteiger partial charge in [-0.1, -0.05) is 32.0 Å². The zero-order chi connectivity index (χ0) is 26.7. The molecular weight excluding hydrogens is 505 g/mol. The number of carbonyl (C=O) groups is 3. The first-order valence-electron chi connectivity index (χ1n) is 10.7. The fraction of sp³-hybridized carbons (Fsp3) is 0.571. The Balaban J connectivity index is 2.61. The van der Waals surface area contributed by atoms with E-state index in [2.05, 4.69) is 5.32 Å². The Bertz CT molecular complexity index is 998. The van der Waals surface area contributed by atoms with Gasteiger partial charge in [-0.05, 0) is 18.6 Å². The molecule has 0 radical (unpaired) electrons. The average Bonchev–Trinajstić information content (AvgIpc) is 2.75. The number of esters is 1. The number of nitrogens with one attached hydrogen (secondary N) is 1. The van der Waals surface area contributed by atoms with Crippen LogP contribution in [0.1, 0.15) is 33.6 Å². The number of carboxylic acids is 1. The Hall–Kier alpha value is -2.47. The summed E-state index contributed by atoms with van der Waals surface area (Å²) >= 11 is 0. The van der Waals surface area contributed by atoms with Crippen LogP contribution in [0.3, 0.4) is 0 Å². The van der Waals surface area contributed by atoms with Crippen LogP contribution < -0.4 is 9.84 Å². The van der Waals surface area contributed by atoms with E-state index in [0.29, 0.717) is 5.75 Å². The summed E-state index contributed by atoms with van der Waals surface area (Å²) in [5.41, 5.74) is -4.12. The molecule has 0 heterocycles.